The van der Waals surface area contributed by atoms with Crippen molar-refractivity contribution in [3.63, 3.8) is 0 Å². The minimum absolute atomic E-state index is 0.0561. The van der Waals surface area contributed by atoms with Gasteiger partial charge in [0.25, 0.3) is 5.97 Å². The summed E-state index contributed by atoms with van der Waals surface area (Å²) in [6, 6.07) is 0. The van der Waals surface area contributed by atoms with E-state index in [0.717, 1.165) is 26.2 Å². The van der Waals surface area contributed by atoms with Crippen molar-refractivity contribution in [3.8, 4) is 0 Å². The molecule has 0 rings (SSSR count). The van der Waals surface area contributed by atoms with Gasteiger partial charge in [-0.15, -0.1) is 0 Å². The van der Waals surface area contributed by atoms with Gasteiger partial charge in [-0.1, -0.05) is 40.0 Å². The van der Waals surface area contributed by atoms with Crippen LogP contribution in [0, 0.1) is 0 Å². The van der Waals surface area contributed by atoms with Gasteiger partial charge in [0.1, 0.15) is 0 Å². The lowest BCUT2D eigenvalue weighted by Crippen LogP contribution is -2.43. The standard InChI is InChI=1S/3C4H7O.C2H4O2.Al/c3*1-2-3-4-5;1-2(3)4;/h3*2-3H2,1H3;1H3,(H,3,4);. The van der Waals surface area contributed by atoms with Crippen molar-refractivity contribution in [2.45, 2.75) is 66.2 Å². The van der Waals surface area contributed by atoms with Crippen molar-refractivity contribution in [2.24, 2.45) is 0 Å². The first-order valence-corrected chi connectivity index (χ1v) is 8.82. The van der Waals surface area contributed by atoms with Crippen LogP contribution in [0.5, 0.6) is 0 Å². The van der Waals surface area contributed by atoms with Crippen molar-refractivity contribution in [3.05, 3.63) is 0 Å². The molecule has 0 aromatic rings. The van der Waals surface area contributed by atoms with Crippen LogP contribution in [0.15, 0.2) is 0 Å². The molecule has 0 saturated heterocycles. The van der Waals surface area contributed by atoms with Gasteiger partial charge in [0.05, 0.1) is 13.9 Å². The van der Waals surface area contributed by atoms with E-state index in [1.807, 2.05) is 20.8 Å². The molecule has 0 unspecified atom stereocenters. The fourth-order valence-corrected chi connectivity index (χ4v) is 4.52. The second kappa shape index (κ2) is 13.0. The maximum Gasteiger partial charge on any atom is 0.548 e. The Morgan fingerprint density at radius 3 is 1.10 bits per heavy atom. The zero-order valence-corrected chi connectivity index (χ0v) is 14.1. The molecule has 0 fully saturated rings. The average Bonchev–Trinajstić information content (AvgIpc) is 2.29. The lowest BCUT2D eigenvalue weighted by Gasteiger charge is -2.07. The van der Waals surface area contributed by atoms with Gasteiger partial charge in [-0.3, -0.25) is 4.79 Å². The maximum absolute atomic E-state index is 11.8. The summed E-state index contributed by atoms with van der Waals surface area (Å²) in [6.45, 7) is 6.79. The summed E-state index contributed by atoms with van der Waals surface area (Å²) in [4.78, 5) is 44.4. The van der Waals surface area contributed by atoms with Gasteiger partial charge in [0.2, 0.25) is 0 Å². The molecule has 0 amide bonds. The largest absolute Gasteiger partial charge is 0.548 e. The van der Waals surface area contributed by atoms with E-state index in [1.54, 1.807) is 0 Å². The maximum atomic E-state index is 11.8. The number of hydrogen-bond acceptors (Lipinski definition) is 4. The van der Waals surface area contributed by atoms with E-state index < -0.39 is 20.1 Å². The molecule has 0 aliphatic heterocycles. The number of carboxylic acids is 1. The quantitative estimate of drug-likeness (QED) is 0.660. The number of carbonyl (C=O) groups excluding carboxylic acids is 3. The van der Waals surface area contributed by atoms with Crippen LogP contribution >= 0.6 is 0 Å². The van der Waals surface area contributed by atoms with Gasteiger partial charge in [0, 0.05) is 6.92 Å². The number of carboxylic acid groups (broad SMARTS) is 1. The molecular weight excluding hydrogens is 275 g/mol. The van der Waals surface area contributed by atoms with E-state index in [0.29, 0.717) is 19.3 Å². The molecule has 0 saturated carbocycles. The van der Waals surface area contributed by atoms with E-state index in [9.17, 15) is 14.4 Å². The summed E-state index contributed by atoms with van der Waals surface area (Å²) in [5.74, 6) is -0.833. The third-order valence-corrected chi connectivity index (χ3v) is 5.25. The Kier molecular flexibility index (Phi) is 13.9. The van der Waals surface area contributed by atoms with E-state index in [4.69, 9.17) is 9.90 Å². The highest BCUT2D eigenvalue weighted by Crippen LogP contribution is 2.05. The van der Waals surface area contributed by atoms with Gasteiger partial charge in [-0.05, 0) is 19.3 Å². The van der Waals surface area contributed by atoms with Gasteiger partial charge < -0.3 is 19.5 Å². The van der Waals surface area contributed by atoms with Crippen molar-refractivity contribution >= 4 is 34.1 Å². The van der Waals surface area contributed by atoms with Crippen molar-refractivity contribution in [2.75, 3.05) is 0 Å². The van der Waals surface area contributed by atoms with Crippen molar-refractivity contribution < 1.29 is 24.3 Å². The topological polar surface area (TPSA) is 88.5 Å². The van der Waals surface area contributed by atoms with Crippen LogP contribution in [0.2, 0.25) is 0 Å². The van der Waals surface area contributed by atoms with Gasteiger partial charge in [-0.25, -0.2) is 0 Å². The molecule has 0 radical (unpaired) electrons. The SMILES string of the molecule is CC(=O)O.CCC[C](=O)[Al]([C](=O)CCC)[C](=O)CCC. The second-order valence-electron chi connectivity index (χ2n) is 4.60. The van der Waals surface area contributed by atoms with Gasteiger partial charge in [-0.2, -0.15) is 0 Å². The summed E-state index contributed by atoms with van der Waals surface area (Å²) < 4.78 is -0.168. The number of rotatable bonds is 9. The fraction of sp³-hybridized carbons (Fsp3) is 0.714. The lowest BCUT2D eigenvalue weighted by atomic mass is 10.4. The molecule has 114 valence electrons. The molecule has 0 atom stereocenters. The smallest absolute Gasteiger partial charge is 0.481 e. The van der Waals surface area contributed by atoms with Crippen LogP contribution in [0.3, 0.4) is 0 Å². The first-order valence-electron chi connectivity index (χ1n) is 7.09. The van der Waals surface area contributed by atoms with Crippen LogP contribution in [0.25, 0.3) is 0 Å². The van der Waals surface area contributed by atoms with Crippen LogP contribution < -0.4 is 0 Å². The molecule has 0 aromatic carbocycles. The third-order valence-electron chi connectivity index (χ3n) is 2.46. The molecule has 0 heterocycles. The van der Waals surface area contributed by atoms with Crippen LogP contribution in [-0.2, 0) is 19.2 Å². The summed E-state index contributed by atoms with van der Waals surface area (Å²) in [6.07, 6.45) is 3.34. The van der Waals surface area contributed by atoms with E-state index in [2.05, 4.69) is 0 Å². The Bertz CT molecular complexity index is 292. The molecule has 0 bridgehead atoms. The third kappa shape index (κ3) is 10.9. The molecule has 0 aromatic heterocycles. The van der Waals surface area contributed by atoms with Crippen molar-refractivity contribution in [1.82, 2.24) is 0 Å². The minimum Gasteiger partial charge on any atom is -0.481 e. The molecule has 0 spiro atoms. The zero-order chi connectivity index (χ0) is 16.1. The van der Waals surface area contributed by atoms with E-state index in [-0.39, 0.29) is 13.9 Å². The molecule has 0 aliphatic carbocycles. The van der Waals surface area contributed by atoms with Crippen LogP contribution in [0.4, 0.5) is 0 Å². The Morgan fingerprint density at radius 1 is 0.750 bits per heavy atom. The van der Waals surface area contributed by atoms with Gasteiger partial charge in [0.15, 0.2) is 0 Å². The highest BCUT2D eigenvalue weighted by atomic mass is 27.2. The predicted octanol–water partition coefficient (Wildman–Crippen LogP) is 2.30. The normalized spacial score (nSPS) is 9.20. The highest BCUT2D eigenvalue weighted by Gasteiger charge is 2.41. The average molecular weight is 300 g/mol. The first-order chi connectivity index (χ1) is 9.31. The zero-order valence-electron chi connectivity index (χ0n) is 12.9. The lowest BCUT2D eigenvalue weighted by molar-refractivity contribution is -0.134. The molecule has 5 nitrogen and oxygen atoms in total. The van der Waals surface area contributed by atoms with Crippen molar-refractivity contribution in [1.29, 1.82) is 0 Å². The van der Waals surface area contributed by atoms with Crippen LogP contribution in [-0.4, -0.2) is 39.2 Å². The van der Waals surface area contributed by atoms with E-state index >= 15 is 0 Å². The predicted molar refractivity (Wildman–Crippen MR) is 78.8 cm³/mol. The fourth-order valence-electron chi connectivity index (χ4n) is 1.71. The van der Waals surface area contributed by atoms with Gasteiger partial charge >= 0.3 is 14.1 Å². The Morgan fingerprint density at radius 2 is 0.950 bits per heavy atom. The Hall–Kier alpha value is -0.988. The number of aliphatic carboxylic acids is 1. The Balaban J connectivity index is 0. The monoisotopic (exact) mass is 300 g/mol. The summed E-state index contributed by atoms with van der Waals surface area (Å²) in [5.41, 5.74) is 0. The second-order valence-corrected chi connectivity index (χ2v) is 7.40. The number of carbonyl (C=O) groups is 4. The summed E-state index contributed by atoms with van der Waals surface area (Å²) in [5, 5.41) is 7.42. The minimum atomic E-state index is -2.49. The molecule has 20 heavy (non-hydrogen) atoms. The first kappa shape index (κ1) is 21.3. The highest BCUT2D eigenvalue weighted by molar-refractivity contribution is 7.27. The molecule has 1 N–H and O–H groups in total. The Labute approximate surface area is 125 Å². The summed E-state index contributed by atoms with van der Waals surface area (Å²) in [7, 11) is 0. The molecule has 0 aliphatic rings. The summed E-state index contributed by atoms with van der Waals surface area (Å²) >= 11 is -2.49. The van der Waals surface area contributed by atoms with Crippen LogP contribution in [0.1, 0.15) is 66.2 Å². The van der Waals surface area contributed by atoms with E-state index in [1.165, 1.54) is 0 Å². The molecule has 6 heteroatoms. The number of hydrogen-bond donors (Lipinski definition) is 1. The molecular formula is C14H25AlO5.